The van der Waals surface area contributed by atoms with Crippen LogP contribution in [-0.4, -0.2) is 25.3 Å². The van der Waals surface area contributed by atoms with E-state index in [9.17, 15) is 4.79 Å². The second-order valence-electron chi connectivity index (χ2n) is 3.50. The Bertz CT molecular complexity index is 436. The SMILES string of the molecule is N#Cc1ccc(N2C(=O)OCC2CN)cc1. The molecule has 16 heavy (non-hydrogen) atoms. The number of rotatable bonds is 2. The largest absolute Gasteiger partial charge is 0.447 e. The fraction of sp³-hybridized carbons (Fsp3) is 0.273. The Morgan fingerprint density at radius 1 is 1.50 bits per heavy atom. The number of carbonyl (C=O) groups is 1. The highest BCUT2D eigenvalue weighted by Gasteiger charge is 2.32. The smallest absolute Gasteiger partial charge is 0.414 e. The number of carbonyl (C=O) groups excluding carboxylic acids is 1. The summed E-state index contributed by atoms with van der Waals surface area (Å²) in [6.07, 6.45) is -0.389. The maximum Gasteiger partial charge on any atom is 0.414 e. The van der Waals surface area contributed by atoms with E-state index in [1.165, 1.54) is 4.90 Å². The Kier molecular flexibility index (Phi) is 2.75. The van der Waals surface area contributed by atoms with E-state index in [-0.39, 0.29) is 12.1 Å². The summed E-state index contributed by atoms with van der Waals surface area (Å²) in [6, 6.07) is 8.65. The van der Waals surface area contributed by atoms with Gasteiger partial charge in [0.2, 0.25) is 0 Å². The van der Waals surface area contributed by atoms with Gasteiger partial charge in [-0.3, -0.25) is 4.90 Å². The van der Waals surface area contributed by atoms with Crippen molar-refractivity contribution in [1.82, 2.24) is 0 Å². The van der Waals surface area contributed by atoms with Crippen LogP contribution in [0.25, 0.3) is 0 Å². The first-order chi connectivity index (χ1) is 7.76. The van der Waals surface area contributed by atoms with E-state index in [1.54, 1.807) is 24.3 Å². The zero-order valence-electron chi connectivity index (χ0n) is 8.59. The predicted molar refractivity (Wildman–Crippen MR) is 57.8 cm³/mol. The number of nitrogens with two attached hydrogens (primary N) is 1. The first-order valence-electron chi connectivity index (χ1n) is 4.92. The Morgan fingerprint density at radius 3 is 2.75 bits per heavy atom. The molecule has 5 heteroatoms. The predicted octanol–water partition coefficient (Wildman–Crippen LogP) is 0.842. The summed E-state index contributed by atoms with van der Waals surface area (Å²) >= 11 is 0. The Hall–Kier alpha value is -2.06. The van der Waals surface area contributed by atoms with E-state index < -0.39 is 0 Å². The average molecular weight is 217 g/mol. The van der Waals surface area contributed by atoms with Crippen LogP contribution in [0.2, 0.25) is 0 Å². The summed E-state index contributed by atoms with van der Waals surface area (Å²) in [5.41, 5.74) is 6.82. The molecule has 1 atom stereocenters. The molecular formula is C11H11N3O2. The number of nitriles is 1. The van der Waals surface area contributed by atoms with Gasteiger partial charge < -0.3 is 10.5 Å². The van der Waals surface area contributed by atoms with Gasteiger partial charge in [0.25, 0.3) is 0 Å². The first kappa shape index (κ1) is 10.5. The van der Waals surface area contributed by atoms with Gasteiger partial charge in [-0.1, -0.05) is 0 Å². The monoisotopic (exact) mass is 217 g/mol. The molecule has 0 aliphatic carbocycles. The second kappa shape index (κ2) is 4.21. The second-order valence-corrected chi connectivity index (χ2v) is 3.50. The van der Waals surface area contributed by atoms with Crippen LogP contribution in [0.3, 0.4) is 0 Å². The molecule has 1 aliphatic rings. The molecule has 2 N–H and O–H groups in total. The molecule has 82 valence electrons. The third kappa shape index (κ3) is 1.71. The van der Waals surface area contributed by atoms with Gasteiger partial charge in [-0.15, -0.1) is 0 Å². The quantitative estimate of drug-likeness (QED) is 0.796. The minimum atomic E-state index is -0.389. The summed E-state index contributed by atoms with van der Waals surface area (Å²) in [5.74, 6) is 0. The highest BCUT2D eigenvalue weighted by molar-refractivity contribution is 5.90. The molecule has 0 radical (unpaired) electrons. The molecule has 0 bridgehead atoms. The van der Waals surface area contributed by atoms with E-state index in [0.29, 0.717) is 24.4 Å². The molecule has 0 aromatic heterocycles. The number of benzene rings is 1. The minimum absolute atomic E-state index is 0.125. The van der Waals surface area contributed by atoms with E-state index >= 15 is 0 Å². The van der Waals surface area contributed by atoms with Gasteiger partial charge in [0, 0.05) is 12.2 Å². The third-order valence-corrected chi connectivity index (χ3v) is 2.51. The number of hydrogen-bond donors (Lipinski definition) is 1. The van der Waals surface area contributed by atoms with Crippen LogP contribution < -0.4 is 10.6 Å². The summed E-state index contributed by atoms with van der Waals surface area (Å²) in [7, 11) is 0. The van der Waals surface area contributed by atoms with Crippen molar-refractivity contribution in [2.24, 2.45) is 5.73 Å². The van der Waals surface area contributed by atoms with Gasteiger partial charge in [0.05, 0.1) is 17.7 Å². The molecule has 1 aromatic rings. The van der Waals surface area contributed by atoms with Crippen LogP contribution in [0.4, 0.5) is 10.5 Å². The van der Waals surface area contributed by atoms with E-state index in [1.807, 2.05) is 6.07 Å². The van der Waals surface area contributed by atoms with Crippen molar-refractivity contribution in [1.29, 1.82) is 5.26 Å². The number of nitrogens with zero attached hydrogens (tertiary/aromatic N) is 2. The number of cyclic esters (lactones) is 1. The van der Waals surface area contributed by atoms with Crippen molar-refractivity contribution in [3.05, 3.63) is 29.8 Å². The first-order valence-corrected chi connectivity index (χ1v) is 4.92. The van der Waals surface area contributed by atoms with Gasteiger partial charge in [0.15, 0.2) is 0 Å². The lowest BCUT2D eigenvalue weighted by Gasteiger charge is -2.19. The molecule has 0 saturated carbocycles. The average Bonchev–Trinajstić information content (AvgIpc) is 2.70. The fourth-order valence-corrected chi connectivity index (χ4v) is 1.65. The van der Waals surface area contributed by atoms with Crippen molar-refractivity contribution < 1.29 is 9.53 Å². The lowest BCUT2D eigenvalue weighted by atomic mass is 10.2. The highest BCUT2D eigenvalue weighted by Crippen LogP contribution is 2.22. The number of amides is 1. The van der Waals surface area contributed by atoms with Crippen LogP contribution in [0.1, 0.15) is 5.56 Å². The molecule has 5 nitrogen and oxygen atoms in total. The van der Waals surface area contributed by atoms with Crippen LogP contribution in [-0.2, 0) is 4.74 Å². The van der Waals surface area contributed by atoms with Crippen molar-refractivity contribution in [2.75, 3.05) is 18.1 Å². The normalized spacial score (nSPS) is 19.4. The molecular weight excluding hydrogens is 206 g/mol. The van der Waals surface area contributed by atoms with Crippen molar-refractivity contribution in [3.8, 4) is 6.07 Å². The van der Waals surface area contributed by atoms with Crippen LogP contribution in [0.5, 0.6) is 0 Å². The molecule has 1 saturated heterocycles. The van der Waals surface area contributed by atoms with Gasteiger partial charge >= 0.3 is 6.09 Å². The Labute approximate surface area is 93.0 Å². The summed E-state index contributed by atoms with van der Waals surface area (Å²) in [5, 5.41) is 8.67. The van der Waals surface area contributed by atoms with E-state index in [4.69, 9.17) is 15.7 Å². The van der Waals surface area contributed by atoms with E-state index in [2.05, 4.69) is 0 Å². The lowest BCUT2D eigenvalue weighted by molar-refractivity contribution is 0.179. The lowest BCUT2D eigenvalue weighted by Crippen LogP contribution is -2.38. The standard InChI is InChI=1S/C11H11N3O2/c12-5-8-1-3-9(4-2-8)14-10(6-13)7-16-11(14)15/h1-4,10H,6-7,13H2. The van der Waals surface area contributed by atoms with Crippen LogP contribution >= 0.6 is 0 Å². The molecule has 1 aromatic carbocycles. The maximum absolute atomic E-state index is 11.5. The molecule has 1 unspecified atom stereocenters. The van der Waals surface area contributed by atoms with Crippen LogP contribution in [0.15, 0.2) is 24.3 Å². The zero-order chi connectivity index (χ0) is 11.5. The molecule has 1 heterocycles. The van der Waals surface area contributed by atoms with E-state index in [0.717, 1.165) is 0 Å². The Balaban J connectivity index is 2.28. The summed E-state index contributed by atoms with van der Waals surface area (Å²) < 4.78 is 4.92. The third-order valence-electron chi connectivity index (χ3n) is 2.51. The molecule has 1 fully saturated rings. The molecule has 1 amide bonds. The van der Waals surface area contributed by atoms with Gasteiger partial charge in [0.1, 0.15) is 6.61 Å². The summed E-state index contributed by atoms with van der Waals surface area (Å²) in [6.45, 7) is 0.668. The number of hydrogen-bond acceptors (Lipinski definition) is 4. The van der Waals surface area contributed by atoms with Crippen molar-refractivity contribution in [3.63, 3.8) is 0 Å². The van der Waals surface area contributed by atoms with Crippen LogP contribution in [0, 0.1) is 11.3 Å². The molecule has 2 rings (SSSR count). The number of anilines is 1. The van der Waals surface area contributed by atoms with Crippen molar-refractivity contribution >= 4 is 11.8 Å². The Morgan fingerprint density at radius 2 is 2.19 bits per heavy atom. The zero-order valence-corrected chi connectivity index (χ0v) is 8.59. The molecule has 1 aliphatic heterocycles. The fourth-order valence-electron chi connectivity index (χ4n) is 1.65. The maximum atomic E-state index is 11.5. The van der Waals surface area contributed by atoms with Gasteiger partial charge in [-0.05, 0) is 24.3 Å². The summed E-state index contributed by atoms with van der Waals surface area (Å²) in [4.78, 5) is 13.0. The van der Waals surface area contributed by atoms with Gasteiger partial charge in [-0.25, -0.2) is 4.79 Å². The topological polar surface area (TPSA) is 79.3 Å². The molecule has 0 spiro atoms. The van der Waals surface area contributed by atoms with Gasteiger partial charge in [-0.2, -0.15) is 5.26 Å². The highest BCUT2D eigenvalue weighted by atomic mass is 16.6. The van der Waals surface area contributed by atoms with Crippen molar-refractivity contribution in [2.45, 2.75) is 6.04 Å². The number of ether oxygens (including phenoxy) is 1. The minimum Gasteiger partial charge on any atom is -0.447 e.